The first-order valence-electron chi connectivity index (χ1n) is 10.4. The van der Waals surface area contributed by atoms with Crippen LogP contribution < -0.4 is 5.32 Å². The molecule has 0 radical (unpaired) electrons. The Balaban J connectivity index is 1.57. The Labute approximate surface area is 203 Å². The van der Waals surface area contributed by atoms with Gasteiger partial charge in [-0.05, 0) is 67.0 Å². The third-order valence-electron chi connectivity index (χ3n) is 5.81. The van der Waals surface area contributed by atoms with E-state index in [1.807, 2.05) is 11.8 Å². The van der Waals surface area contributed by atoms with E-state index in [1.165, 1.54) is 18.2 Å². The number of rotatable bonds is 4. The molecule has 0 aromatic heterocycles. The number of nitrogens with zero attached hydrogens (tertiary/aromatic N) is 1. The summed E-state index contributed by atoms with van der Waals surface area (Å²) >= 11 is 13.7. The molecule has 2 aromatic carbocycles. The van der Waals surface area contributed by atoms with Crippen LogP contribution in [0.2, 0.25) is 10.0 Å². The molecule has 1 amide bonds. The molecule has 0 bridgehead atoms. The van der Waals surface area contributed by atoms with Crippen molar-refractivity contribution in [1.82, 2.24) is 5.32 Å². The highest BCUT2D eigenvalue weighted by Crippen LogP contribution is 2.49. The fourth-order valence-corrected chi connectivity index (χ4v) is 5.66. The number of aryl methyl sites for hydroxylation is 1. The molecule has 2 atom stereocenters. The highest BCUT2D eigenvalue weighted by molar-refractivity contribution is 7.99. The summed E-state index contributed by atoms with van der Waals surface area (Å²) in [6.45, 7) is 1.75. The fourth-order valence-electron chi connectivity index (χ4n) is 4.06. The van der Waals surface area contributed by atoms with Gasteiger partial charge in [0.1, 0.15) is 0 Å². The minimum absolute atomic E-state index is 0.0701. The fraction of sp³-hybridized carbons (Fsp3) is 0.391. The number of nitrogens with one attached hydrogen (secondary N) is 1. The summed E-state index contributed by atoms with van der Waals surface area (Å²) in [6, 6.07) is 8.71. The van der Waals surface area contributed by atoms with Crippen LogP contribution in [0.25, 0.3) is 0 Å². The molecule has 0 spiro atoms. The summed E-state index contributed by atoms with van der Waals surface area (Å²) in [4.78, 5) is 17.8. The van der Waals surface area contributed by atoms with Crippen LogP contribution in [0, 0.1) is 6.92 Å². The highest BCUT2D eigenvalue weighted by Gasteiger charge is 2.62. The van der Waals surface area contributed by atoms with E-state index in [-0.39, 0.29) is 33.3 Å². The molecule has 1 N–H and O–H groups in total. The molecule has 176 valence electrons. The summed E-state index contributed by atoms with van der Waals surface area (Å²) in [7, 11) is 0. The Kier molecular flexibility index (Phi) is 6.90. The SMILES string of the molecule is Cc1cc(C2=NOC(c3cc(Cl)cc(Cl)c3)(C(F)(F)F)C2)ccc1C(=O)NC1CCCSC1. The summed E-state index contributed by atoms with van der Waals surface area (Å²) in [5.74, 6) is 1.80. The number of carbonyl (C=O) groups excluding carboxylic acids is 1. The van der Waals surface area contributed by atoms with E-state index in [0.29, 0.717) is 16.7 Å². The Morgan fingerprint density at radius 2 is 1.94 bits per heavy atom. The lowest BCUT2D eigenvalue weighted by Gasteiger charge is -2.29. The van der Waals surface area contributed by atoms with E-state index in [2.05, 4.69) is 10.5 Å². The number of benzene rings is 2. The van der Waals surface area contributed by atoms with Gasteiger partial charge in [0, 0.05) is 39.4 Å². The monoisotopic (exact) mass is 516 g/mol. The number of thioether (sulfide) groups is 1. The van der Waals surface area contributed by atoms with Gasteiger partial charge >= 0.3 is 6.18 Å². The quantitative estimate of drug-likeness (QED) is 0.503. The number of halogens is 5. The molecule has 33 heavy (non-hydrogen) atoms. The molecule has 2 unspecified atom stereocenters. The molecule has 4 rings (SSSR count). The van der Waals surface area contributed by atoms with E-state index >= 15 is 0 Å². The Hall–Kier alpha value is -1.90. The third kappa shape index (κ3) is 4.98. The van der Waals surface area contributed by atoms with Crippen LogP contribution >= 0.6 is 35.0 Å². The normalized spacial score (nSPS) is 23.1. The molecule has 1 saturated heterocycles. The van der Waals surface area contributed by atoms with Gasteiger partial charge in [0.2, 0.25) is 0 Å². The zero-order valence-corrected chi connectivity index (χ0v) is 20.0. The van der Waals surface area contributed by atoms with Crippen LogP contribution in [0.3, 0.4) is 0 Å². The van der Waals surface area contributed by atoms with Gasteiger partial charge in [-0.25, -0.2) is 0 Å². The first-order chi connectivity index (χ1) is 15.6. The first kappa shape index (κ1) is 24.2. The van der Waals surface area contributed by atoms with E-state index in [0.717, 1.165) is 24.3 Å². The lowest BCUT2D eigenvalue weighted by atomic mass is 9.86. The lowest BCUT2D eigenvalue weighted by Crippen LogP contribution is -2.42. The molecule has 10 heteroatoms. The molecular weight excluding hydrogens is 496 g/mol. The zero-order valence-electron chi connectivity index (χ0n) is 17.6. The molecule has 2 heterocycles. The van der Waals surface area contributed by atoms with Crippen molar-refractivity contribution in [2.75, 3.05) is 11.5 Å². The van der Waals surface area contributed by atoms with E-state index < -0.39 is 18.2 Å². The van der Waals surface area contributed by atoms with Gasteiger partial charge in [-0.2, -0.15) is 24.9 Å². The van der Waals surface area contributed by atoms with E-state index in [9.17, 15) is 18.0 Å². The van der Waals surface area contributed by atoms with Gasteiger partial charge in [0.05, 0.1) is 5.71 Å². The van der Waals surface area contributed by atoms with Crippen LogP contribution in [0.4, 0.5) is 13.2 Å². The maximum atomic E-state index is 14.2. The van der Waals surface area contributed by atoms with Crippen LogP contribution in [-0.2, 0) is 10.4 Å². The van der Waals surface area contributed by atoms with Crippen molar-refractivity contribution in [2.45, 2.75) is 44.0 Å². The molecule has 2 aliphatic rings. The Morgan fingerprint density at radius 1 is 1.21 bits per heavy atom. The molecule has 0 aliphatic carbocycles. The van der Waals surface area contributed by atoms with Gasteiger partial charge in [-0.1, -0.05) is 34.4 Å². The second-order valence-corrected chi connectivity index (χ2v) is 10.2. The van der Waals surface area contributed by atoms with E-state index in [4.69, 9.17) is 28.0 Å². The van der Waals surface area contributed by atoms with Crippen molar-refractivity contribution in [3.63, 3.8) is 0 Å². The molecule has 4 nitrogen and oxygen atoms in total. The molecule has 2 aliphatic heterocycles. The lowest BCUT2D eigenvalue weighted by molar-refractivity contribution is -0.275. The van der Waals surface area contributed by atoms with Gasteiger partial charge in [0.15, 0.2) is 0 Å². The number of oxime groups is 1. The van der Waals surface area contributed by atoms with Crippen LogP contribution in [0.15, 0.2) is 41.6 Å². The highest BCUT2D eigenvalue weighted by atomic mass is 35.5. The molecular formula is C23H21Cl2F3N2O2S. The van der Waals surface area contributed by atoms with Crippen LogP contribution in [0.5, 0.6) is 0 Å². The number of hydrogen-bond donors (Lipinski definition) is 1. The van der Waals surface area contributed by atoms with Crippen molar-refractivity contribution < 1.29 is 22.8 Å². The van der Waals surface area contributed by atoms with Gasteiger partial charge < -0.3 is 10.2 Å². The summed E-state index contributed by atoms with van der Waals surface area (Å²) < 4.78 is 42.6. The van der Waals surface area contributed by atoms with Crippen molar-refractivity contribution in [3.8, 4) is 0 Å². The van der Waals surface area contributed by atoms with Crippen molar-refractivity contribution in [3.05, 3.63) is 68.7 Å². The maximum absolute atomic E-state index is 14.2. The van der Waals surface area contributed by atoms with Crippen LogP contribution in [-0.4, -0.2) is 35.3 Å². The van der Waals surface area contributed by atoms with Gasteiger partial charge in [-0.3, -0.25) is 4.79 Å². The second kappa shape index (κ2) is 9.39. The molecule has 1 fully saturated rings. The van der Waals surface area contributed by atoms with Crippen molar-refractivity contribution in [2.24, 2.45) is 5.16 Å². The van der Waals surface area contributed by atoms with E-state index in [1.54, 1.807) is 25.1 Å². The number of amides is 1. The number of carbonyl (C=O) groups is 1. The standard InChI is InChI=1S/C23H21Cl2F3N2O2S/c1-13-7-14(4-5-19(13)21(31)29-18-3-2-6-33-12-18)20-11-22(32-30-20,23(26,27)28)15-8-16(24)10-17(25)9-15/h4-5,7-10,18H,2-3,6,11-12H2,1H3,(H,29,31). The number of hydrogen-bond acceptors (Lipinski definition) is 4. The maximum Gasteiger partial charge on any atom is 0.435 e. The van der Waals surface area contributed by atoms with Gasteiger partial charge in [-0.15, -0.1) is 0 Å². The predicted molar refractivity (Wildman–Crippen MR) is 125 cm³/mol. The zero-order chi connectivity index (χ0) is 23.8. The Bertz CT molecular complexity index is 1080. The molecule has 0 saturated carbocycles. The smallest absolute Gasteiger partial charge is 0.374 e. The van der Waals surface area contributed by atoms with Gasteiger partial charge in [0.25, 0.3) is 11.5 Å². The minimum atomic E-state index is -4.76. The Morgan fingerprint density at radius 3 is 2.55 bits per heavy atom. The average molecular weight is 517 g/mol. The second-order valence-electron chi connectivity index (χ2n) is 8.21. The average Bonchev–Trinajstić information content (AvgIpc) is 3.21. The topological polar surface area (TPSA) is 50.7 Å². The summed E-state index contributed by atoms with van der Waals surface area (Å²) in [5, 5.41) is 6.96. The summed E-state index contributed by atoms with van der Waals surface area (Å²) in [6.07, 6.45) is -3.31. The minimum Gasteiger partial charge on any atom is -0.374 e. The first-order valence-corrected chi connectivity index (χ1v) is 12.3. The largest absolute Gasteiger partial charge is 0.435 e. The predicted octanol–water partition coefficient (Wildman–Crippen LogP) is 6.51. The summed E-state index contributed by atoms with van der Waals surface area (Å²) in [5.41, 5.74) is -1.20. The van der Waals surface area contributed by atoms with Crippen molar-refractivity contribution in [1.29, 1.82) is 0 Å². The van der Waals surface area contributed by atoms with Crippen molar-refractivity contribution >= 4 is 46.6 Å². The van der Waals surface area contributed by atoms with Crippen LogP contribution in [0.1, 0.15) is 46.3 Å². The third-order valence-corrected chi connectivity index (χ3v) is 7.47. The number of alkyl halides is 3. The molecule has 2 aromatic rings.